The molecule has 0 aliphatic heterocycles. The van der Waals surface area contributed by atoms with E-state index >= 15 is 0 Å². The molecule has 1 amide bonds. The topological polar surface area (TPSA) is 46.3 Å². The molecule has 0 aromatic heterocycles. The first kappa shape index (κ1) is 15.7. The number of nitrogens with two attached hydrogens (primary N) is 1. The highest BCUT2D eigenvalue weighted by Gasteiger charge is 2.29. The average molecular weight is 262 g/mol. The Labute approximate surface area is 116 Å². The Balaban J connectivity index is 2.67. The van der Waals surface area contributed by atoms with Crippen LogP contribution in [0.2, 0.25) is 0 Å². The molecule has 1 aromatic carbocycles. The Kier molecular flexibility index (Phi) is 5.55. The van der Waals surface area contributed by atoms with Crippen molar-refractivity contribution in [3.05, 3.63) is 35.4 Å². The largest absolute Gasteiger partial charge is 0.340 e. The summed E-state index contributed by atoms with van der Waals surface area (Å²) in [6.45, 7) is 6.60. The summed E-state index contributed by atoms with van der Waals surface area (Å²) < 4.78 is 0. The maximum absolute atomic E-state index is 12.3. The van der Waals surface area contributed by atoms with Crippen molar-refractivity contribution >= 4 is 5.91 Å². The maximum atomic E-state index is 12.3. The fourth-order valence-electron chi connectivity index (χ4n) is 2.29. The molecule has 0 fully saturated rings. The molecule has 19 heavy (non-hydrogen) atoms. The highest BCUT2D eigenvalue weighted by atomic mass is 16.2. The normalized spacial score (nSPS) is 13.9. The minimum Gasteiger partial charge on any atom is -0.340 e. The van der Waals surface area contributed by atoms with E-state index in [4.69, 9.17) is 5.73 Å². The summed E-state index contributed by atoms with van der Waals surface area (Å²) in [6.07, 6.45) is 2.66. The number of nitrogens with zero attached hydrogens (tertiary/aromatic N) is 1. The number of benzene rings is 1. The Hall–Kier alpha value is -1.35. The van der Waals surface area contributed by atoms with Crippen molar-refractivity contribution < 1.29 is 4.79 Å². The van der Waals surface area contributed by atoms with E-state index in [2.05, 4.69) is 31.2 Å². The first-order valence-electron chi connectivity index (χ1n) is 7.03. The van der Waals surface area contributed by atoms with Crippen LogP contribution < -0.4 is 5.73 Å². The molecule has 0 spiro atoms. The molecule has 2 N–H and O–H groups in total. The lowest BCUT2D eigenvalue weighted by Gasteiger charge is -2.29. The van der Waals surface area contributed by atoms with E-state index in [-0.39, 0.29) is 5.91 Å². The quantitative estimate of drug-likeness (QED) is 0.857. The SMILES string of the molecule is CCCC(C)(N)C(=O)N(C)Cc1ccc(CC)cc1. The molecular formula is C16H26N2O. The molecule has 1 rings (SSSR count). The third-order valence-electron chi connectivity index (χ3n) is 3.46. The minimum absolute atomic E-state index is 0.00826. The first-order chi connectivity index (χ1) is 8.90. The lowest BCUT2D eigenvalue weighted by molar-refractivity contribution is -0.135. The minimum atomic E-state index is -0.757. The van der Waals surface area contributed by atoms with Gasteiger partial charge in [0.1, 0.15) is 0 Å². The van der Waals surface area contributed by atoms with Gasteiger partial charge in [-0.05, 0) is 30.9 Å². The Morgan fingerprint density at radius 1 is 1.21 bits per heavy atom. The van der Waals surface area contributed by atoms with Crippen molar-refractivity contribution in [2.24, 2.45) is 5.73 Å². The Bertz CT molecular complexity index is 409. The summed E-state index contributed by atoms with van der Waals surface area (Å²) in [5.41, 5.74) is 7.77. The van der Waals surface area contributed by atoms with E-state index < -0.39 is 5.54 Å². The van der Waals surface area contributed by atoms with E-state index in [0.29, 0.717) is 13.0 Å². The van der Waals surface area contributed by atoms with Gasteiger partial charge in [0.25, 0.3) is 0 Å². The van der Waals surface area contributed by atoms with Crippen molar-refractivity contribution in [3.63, 3.8) is 0 Å². The Morgan fingerprint density at radius 3 is 2.21 bits per heavy atom. The van der Waals surface area contributed by atoms with E-state index in [9.17, 15) is 4.79 Å². The molecule has 3 nitrogen and oxygen atoms in total. The zero-order valence-corrected chi connectivity index (χ0v) is 12.6. The molecule has 0 saturated heterocycles. The summed E-state index contributed by atoms with van der Waals surface area (Å²) in [7, 11) is 1.82. The molecule has 0 bridgehead atoms. The lowest BCUT2D eigenvalue weighted by atomic mass is 9.95. The third-order valence-corrected chi connectivity index (χ3v) is 3.46. The van der Waals surface area contributed by atoms with Gasteiger partial charge in [-0.15, -0.1) is 0 Å². The van der Waals surface area contributed by atoms with Crippen molar-refractivity contribution in [1.82, 2.24) is 4.90 Å². The Morgan fingerprint density at radius 2 is 1.74 bits per heavy atom. The molecule has 1 atom stereocenters. The summed E-state index contributed by atoms with van der Waals surface area (Å²) >= 11 is 0. The van der Waals surface area contributed by atoms with Crippen LogP contribution in [0, 0.1) is 0 Å². The number of carbonyl (C=O) groups is 1. The molecule has 1 aromatic rings. The smallest absolute Gasteiger partial charge is 0.242 e. The predicted molar refractivity (Wildman–Crippen MR) is 79.8 cm³/mol. The number of likely N-dealkylation sites (N-methyl/N-ethyl adjacent to an activating group) is 1. The van der Waals surface area contributed by atoms with E-state index in [0.717, 1.165) is 18.4 Å². The number of carbonyl (C=O) groups excluding carboxylic acids is 1. The fourth-order valence-corrected chi connectivity index (χ4v) is 2.29. The van der Waals surface area contributed by atoms with Gasteiger partial charge in [0, 0.05) is 13.6 Å². The van der Waals surface area contributed by atoms with Crippen LogP contribution in [-0.4, -0.2) is 23.4 Å². The summed E-state index contributed by atoms with van der Waals surface area (Å²) in [5, 5.41) is 0. The second-order valence-electron chi connectivity index (χ2n) is 5.50. The van der Waals surface area contributed by atoms with E-state index in [1.807, 2.05) is 20.9 Å². The molecule has 0 heterocycles. The summed E-state index contributed by atoms with van der Waals surface area (Å²) in [5.74, 6) is 0.00826. The lowest BCUT2D eigenvalue weighted by Crippen LogP contribution is -2.51. The second-order valence-corrected chi connectivity index (χ2v) is 5.50. The van der Waals surface area contributed by atoms with Gasteiger partial charge in [-0.1, -0.05) is 44.5 Å². The second kappa shape index (κ2) is 6.71. The molecule has 0 aliphatic carbocycles. The highest BCUT2D eigenvalue weighted by Crippen LogP contribution is 2.14. The van der Waals surface area contributed by atoms with Crippen LogP contribution >= 0.6 is 0 Å². The number of hydrogen-bond donors (Lipinski definition) is 1. The first-order valence-corrected chi connectivity index (χ1v) is 7.03. The third kappa shape index (κ3) is 4.35. The molecule has 106 valence electrons. The van der Waals surface area contributed by atoms with Gasteiger partial charge in [0.2, 0.25) is 5.91 Å². The van der Waals surface area contributed by atoms with Crippen molar-refractivity contribution in [1.29, 1.82) is 0 Å². The van der Waals surface area contributed by atoms with Gasteiger partial charge in [0.15, 0.2) is 0 Å². The molecule has 0 aliphatic rings. The van der Waals surface area contributed by atoms with Crippen LogP contribution in [0.3, 0.4) is 0 Å². The fraction of sp³-hybridized carbons (Fsp3) is 0.562. The van der Waals surface area contributed by atoms with Crippen molar-refractivity contribution in [2.45, 2.75) is 52.1 Å². The van der Waals surface area contributed by atoms with Crippen LogP contribution in [0.4, 0.5) is 0 Å². The van der Waals surface area contributed by atoms with E-state index in [1.54, 1.807) is 4.90 Å². The van der Waals surface area contributed by atoms with Crippen LogP contribution in [0.25, 0.3) is 0 Å². The molecule has 0 radical (unpaired) electrons. The number of amides is 1. The highest BCUT2D eigenvalue weighted by molar-refractivity contribution is 5.85. The monoisotopic (exact) mass is 262 g/mol. The molecule has 3 heteroatoms. The molecule has 1 unspecified atom stereocenters. The van der Waals surface area contributed by atoms with E-state index in [1.165, 1.54) is 5.56 Å². The number of aryl methyl sites for hydroxylation is 1. The summed E-state index contributed by atoms with van der Waals surface area (Å²) in [6, 6.07) is 8.38. The standard InChI is InChI=1S/C16H26N2O/c1-5-11-16(3,17)15(19)18(4)12-14-9-7-13(6-2)8-10-14/h7-10H,5-6,11-12,17H2,1-4H3. The zero-order chi connectivity index (χ0) is 14.5. The molecule has 0 saturated carbocycles. The van der Waals surface area contributed by atoms with Crippen LogP contribution in [0.1, 0.15) is 44.7 Å². The number of rotatable bonds is 6. The average Bonchev–Trinajstić information content (AvgIpc) is 2.38. The van der Waals surface area contributed by atoms with Gasteiger partial charge >= 0.3 is 0 Å². The van der Waals surface area contributed by atoms with Crippen molar-refractivity contribution in [3.8, 4) is 0 Å². The summed E-state index contributed by atoms with van der Waals surface area (Å²) in [4.78, 5) is 14.0. The van der Waals surface area contributed by atoms with Gasteiger partial charge in [-0.25, -0.2) is 0 Å². The van der Waals surface area contributed by atoms with Crippen LogP contribution in [0.5, 0.6) is 0 Å². The zero-order valence-electron chi connectivity index (χ0n) is 12.6. The van der Waals surface area contributed by atoms with Crippen molar-refractivity contribution in [2.75, 3.05) is 7.05 Å². The maximum Gasteiger partial charge on any atom is 0.242 e. The van der Waals surface area contributed by atoms with Gasteiger partial charge in [-0.2, -0.15) is 0 Å². The van der Waals surface area contributed by atoms with Crippen LogP contribution in [0.15, 0.2) is 24.3 Å². The predicted octanol–water partition coefficient (Wildman–Crippen LogP) is 2.72. The van der Waals surface area contributed by atoms with Gasteiger partial charge < -0.3 is 10.6 Å². The van der Waals surface area contributed by atoms with Gasteiger partial charge in [-0.3, -0.25) is 4.79 Å². The molecular weight excluding hydrogens is 236 g/mol. The van der Waals surface area contributed by atoms with Crippen LogP contribution in [-0.2, 0) is 17.8 Å². The number of hydrogen-bond acceptors (Lipinski definition) is 2. The van der Waals surface area contributed by atoms with Gasteiger partial charge in [0.05, 0.1) is 5.54 Å².